The van der Waals surface area contributed by atoms with Crippen molar-refractivity contribution >= 4 is 22.8 Å². The molecule has 2 aromatic carbocycles. The van der Waals surface area contributed by atoms with Gasteiger partial charge < -0.3 is 5.11 Å². The first-order valence-electron chi connectivity index (χ1n) is 8.68. The molecule has 2 heterocycles. The molecule has 0 unspecified atom stereocenters. The van der Waals surface area contributed by atoms with E-state index >= 15 is 0 Å². The zero-order valence-corrected chi connectivity index (χ0v) is 15.1. The molecule has 4 rings (SSSR count). The summed E-state index contributed by atoms with van der Waals surface area (Å²) in [6, 6.07) is 14.3. The normalized spacial score (nSPS) is 10.9. The standard InChI is InChI=1S/C21H17FN4O2/c1-13-9-15(22)7-8-16(13)19-17-10-24-26(12-14-5-3-2-4-6-14)20(17)23-11-18(19)25-21(27)28/h2-11,25H,12H2,1H3,(H,27,28). The minimum Gasteiger partial charge on any atom is -0.465 e. The maximum absolute atomic E-state index is 13.6. The van der Waals surface area contributed by atoms with Crippen LogP contribution in [0.3, 0.4) is 0 Å². The topological polar surface area (TPSA) is 80.0 Å². The maximum Gasteiger partial charge on any atom is 0.409 e. The summed E-state index contributed by atoms with van der Waals surface area (Å²) in [7, 11) is 0. The number of aryl methyl sites for hydroxylation is 1. The zero-order chi connectivity index (χ0) is 19.7. The van der Waals surface area contributed by atoms with Gasteiger partial charge in [-0.15, -0.1) is 0 Å². The fourth-order valence-corrected chi connectivity index (χ4v) is 3.31. The van der Waals surface area contributed by atoms with E-state index in [4.69, 9.17) is 0 Å². The van der Waals surface area contributed by atoms with Crippen LogP contribution in [0.25, 0.3) is 22.2 Å². The van der Waals surface area contributed by atoms with Crippen LogP contribution in [0, 0.1) is 12.7 Å². The molecule has 140 valence electrons. The van der Waals surface area contributed by atoms with Crippen molar-refractivity contribution in [1.29, 1.82) is 0 Å². The van der Waals surface area contributed by atoms with Crippen molar-refractivity contribution in [3.8, 4) is 11.1 Å². The minimum atomic E-state index is -1.20. The van der Waals surface area contributed by atoms with Gasteiger partial charge in [-0.05, 0) is 35.7 Å². The molecular weight excluding hydrogens is 359 g/mol. The molecule has 0 aliphatic heterocycles. The summed E-state index contributed by atoms with van der Waals surface area (Å²) in [5, 5.41) is 16.7. The predicted molar refractivity (Wildman–Crippen MR) is 105 cm³/mol. The highest BCUT2D eigenvalue weighted by molar-refractivity contribution is 6.03. The Bertz CT molecular complexity index is 1170. The Hall–Kier alpha value is -3.74. The first-order chi connectivity index (χ1) is 13.5. The van der Waals surface area contributed by atoms with Crippen LogP contribution in [0.1, 0.15) is 11.1 Å². The Morgan fingerprint density at radius 1 is 1.18 bits per heavy atom. The van der Waals surface area contributed by atoms with Crippen molar-refractivity contribution in [2.24, 2.45) is 0 Å². The van der Waals surface area contributed by atoms with Gasteiger partial charge in [0.15, 0.2) is 5.65 Å². The van der Waals surface area contributed by atoms with Gasteiger partial charge in [0.1, 0.15) is 5.82 Å². The van der Waals surface area contributed by atoms with Gasteiger partial charge >= 0.3 is 6.09 Å². The molecule has 0 aliphatic carbocycles. The third kappa shape index (κ3) is 3.29. The van der Waals surface area contributed by atoms with E-state index in [1.54, 1.807) is 23.9 Å². The first kappa shape index (κ1) is 17.7. The third-order valence-electron chi connectivity index (χ3n) is 4.54. The number of halogens is 1. The number of pyridine rings is 1. The van der Waals surface area contributed by atoms with Crippen LogP contribution < -0.4 is 5.32 Å². The molecule has 0 fully saturated rings. The minimum absolute atomic E-state index is 0.328. The van der Waals surface area contributed by atoms with E-state index in [1.165, 1.54) is 18.3 Å². The number of nitrogens with one attached hydrogen (secondary N) is 1. The van der Waals surface area contributed by atoms with E-state index < -0.39 is 6.09 Å². The predicted octanol–water partition coefficient (Wildman–Crippen LogP) is 4.68. The Kier molecular flexibility index (Phi) is 4.49. The molecule has 0 bridgehead atoms. The molecule has 7 heteroatoms. The lowest BCUT2D eigenvalue weighted by molar-refractivity contribution is 0.210. The molecule has 0 saturated carbocycles. The quantitative estimate of drug-likeness (QED) is 0.542. The lowest BCUT2D eigenvalue weighted by Crippen LogP contribution is -2.09. The molecule has 1 amide bonds. The van der Waals surface area contributed by atoms with Crippen LogP contribution in [0.15, 0.2) is 60.9 Å². The number of aromatic nitrogens is 3. The van der Waals surface area contributed by atoms with Crippen LogP contribution in [0.5, 0.6) is 0 Å². The summed E-state index contributed by atoms with van der Waals surface area (Å²) in [5.41, 5.74) is 4.06. The summed E-state index contributed by atoms with van der Waals surface area (Å²) < 4.78 is 15.4. The molecule has 4 aromatic rings. The number of hydrogen-bond acceptors (Lipinski definition) is 3. The van der Waals surface area contributed by atoms with Crippen LogP contribution in [0.2, 0.25) is 0 Å². The Labute approximate surface area is 160 Å². The van der Waals surface area contributed by atoms with E-state index in [0.717, 1.165) is 11.1 Å². The number of rotatable bonds is 4. The monoisotopic (exact) mass is 376 g/mol. The van der Waals surface area contributed by atoms with Crippen LogP contribution in [-0.2, 0) is 6.54 Å². The van der Waals surface area contributed by atoms with Gasteiger partial charge in [0.2, 0.25) is 0 Å². The number of anilines is 1. The highest BCUT2D eigenvalue weighted by atomic mass is 19.1. The number of amides is 1. The fourth-order valence-electron chi connectivity index (χ4n) is 3.31. The summed E-state index contributed by atoms with van der Waals surface area (Å²) in [5.74, 6) is -0.348. The molecule has 2 aromatic heterocycles. The molecular formula is C21H17FN4O2. The Morgan fingerprint density at radius 3 is 2.68 bits per heavy atom. The van der Waals surface area contributed by atoms with Crippen molar-refractivity contribution in [3.63, 3.8) is 0 Å². The van der Waals surface area contributed by atoms with Gasteiger partial charge in [0.25, 0.3) is 0 Å². The number of fused-ring (bicyclic) bond motifs is 1. The molecule has 0 saturated heterocycles. The van der Waals surface area contributed by atoms with Gasteiger partial charge in [-0.2, -0.15) is 5.10 Å². The van der Waals surface area contributed by atoms with Gasteiger partial charge in [-0.1, -0.05) is 36.4 Å². The SMILES string of the molecule is Cc1cc(F)ccc1-c1c(NC(=O)O)cnc2c1cnn2Cc1ccccc1. The van der Waals surface area contributed by atoms with Gasteiger partial charge in [-0.25, -0.2) is 18.9 Å². The molecule has 2 N–H and O–H groups in total. The largest absolute Gasteiger partial charge is 0.465 e. The smallest absolute Gasteiger partial charge is 0.409 e. The van der Waals surface area contributed by atoms with E-state index in [1.807, 2.05) is 30.3 Å². The molecule has 0 atom stereocenters. The summed E-state index contributed by atoms with van der Waals surface area (Å²) >= 11 is 0. The number of nitrogens with zero attached hydrogens (tertiary/aromatic N) is 3. The summed E-state index contributed by atoms with van der Waals surface area (Å²) in [6.07, 6.45) is 1.94. The van der Waals surface area contributed by atoms with Crippen molar-refractivity contribution in [2.45, 2.75) is 13.5 Å². The molecule has 0 spiro atoms. The molecule has 0 radical (unpaired) electrons. The number of carboxylic acid groups (broad SMARTS) is 1. The molecule has 6 nitrogen and oxygen atoms in total. The Morgan fingerprint density at radius 2 is 1.96 bits per heavy atom. The van der Waals surface area contributed by atoms with E-state index in [0.29, 0.717) is 34.4 Å². The third-order valence-corrected chi connectivity index (χ3v) is 4.54. The second-order valence-electron chi connectivity index (χ2n) is 6.46. The first-order valence-corrected chi connectivity index (χ1v) is 8.68. The van der Waals surface area contributed by atoms with Crippen LogP contribution in [0.4, 0.5) is 14.9 Å². The highest BCUT2D eigenvalue weighted by Gasteiger charge is 2.18. The maximum atomic E-state index is 13.6. The average molecular weight is 376 g/mol. The zero-order valence-electron chi connectivity index (χ0n) is 15.1. The second kappa shape index (κ2) is 7.11. The lowest BCUT2D eigenvalue weighted by atomic mass is 9.97. The number of benzene rings is 2. The van der Waals surface area contributed by atoms with Gasteiger partial charge in [0, 0.05) is 10.9 Å². The number of carbonyl (C=O) groups is 1. The van der Waals surface area contributed by atoms with Crippen LogP contribution >= 0.6 is 0 Å². The van der Waals surface area contributed by atoms with Crippen molar-refractivity contribution in [2.75, 3.05) is 5.32 Å². The lowest BCUT2D eigenvalue weighted by Gasteiger charge is -2.13. The van der Waals surface area contributed by atoms with Crippen molar-refractivity contribution in [3.05, 3.63) is 77.9 Å². The highest BCUT2D eigenvalue weighted by Crippen LogP contribution is 2.36. The second-order valence-corrected chi connectivity index (χ2v) is 6.46. The van der Waals surface area contributed by atoms with E-state index in [-0.39, 0.29) is 5.82 Å². The van der Waals surface area contributed by atoms with E-state index in [9.17, 15) is 14.3 Å². The fraction of sp³-hybridized carbons (Fsp3) is 0.0952. The van der Waals surface area contributed by atoms with Crippen molar-refractivity contribution in [1.82, 2.24) is 14.8 Å². The summed E-state index contributed by atoms with van der Waals surface area (Å²) in [6.45, 7) is 2.31. The molecule has 0 aliphatic rings. The Balaban J connectivity index is 1.90. The van der Waals surface area contributed by atoms with Crippen molar-refractivity contribution < 1.29 is 14.3 Å². The van der Waals surface area contributed by atoms with Crippen LogP contribution in [-0.4, -0.2) is 26.0 Å². The average Bonchev–Trinajstić information content (AvgIpc) is 3.06. The number of hydrogen-bond donors (Lipinski definition) is 2. The van der Waals surface area contributed by atoms with E-state index in [2.05, 4.69) is 15.4 Å². The summed E-state index contributed by atoms with van der Waals surface area (Å²) in [4.78, 5) is 15.7. The molecule has 28 heavy (non-hydrogen) atoms. The van der Waals surface area contributed by atoms with Gasteiger partial charge in [0.05, 0.1) is 24.6 Å². The van der Waals surface area contributed by atoms with Gasteiger partial charge in [-0.3, -0.25) is 5.32 Å².